The summed E-state index contributed by atoms with van der Waals surface area (Å²) >= 11 is 1.87. The molecule has 2 heterocycles. The van der Waals surface area contributed by atoms with Crippen molar-refractivity contribution in [1.29, 1.82) is 0 Å². The Morgan fingerprint density at radius 2 is 2.50 bits per heavy atom. The maximum atomic E-state index is 6.39. The quantitative estimate of drug-likeness (QED) is 0.860. The molecule has 0 bridgehead atoms. The second-order valence-electron chi connectivity index (χ2n) is 4.89. The van der Waals surface area contributed by atoms with E-state index in [-0.39, 0.29) is 6.04 Å². The summed E-state index contributed by atoms with van der Waals surface area (Å²) in [4.78, 5) is 4.30. The molecule has 18 heavy (non-hydrogen) atoms. The van der Waals surface area contributed by atoms with Gasteiger partial charge in [0.2, 0.25) is 0 Å². The third kappa shape index (κ3) is 2.90. The zero-order valence-corrected chi connectivity index (χ0v) is 12.0. The van der Waals surface area contributed by atoms with Gasteiger partial charge in [-0.2, -0.15) is 11.8 Å². The summed E-state index contributed by atoms with van der Waals surface area (Å²) in [5.74, 6) is 1.54. The van der Waals surface area contributed by atoms with Gasteiger partial charge in [0, 0.05) is 30.5 Å². The highest BCUT2D eigenvalue weighted by molar-refractivity contribution is 7.98. The number of ether oxygens (including phenoxy) is 1. The molecule has 5 heteroatoms. The largest absolute Gasteiger partial charge is 0.381 e. The van der Waals surface area contributed by atoms with Gasteiger partial charge in [-0.15, -0.1) is 0 Å². The first kappa shape index (κ1) is 13.9. The Kier molecular flexibility index (Phi) is 5.09. The zero-order chi connectivity index (χ0) is 13.0. The second kappa shape index (κ2) is 6.59. The standard InChI is InChI=1S/C13H23N3OS/c1-3-11(8-18-2)16-9-15-6-12(16)13(14)10-4-5-17-7-10/h6,9-11,13H,3-5,7-8,14H2,1-2H3. The molecule has 0 spiro atoms. The lowest BCUT2D eigenvalue weighted by Crippen LogP contribution is -2.26. The highest BCUT2D eigenvalue weighted by atomic mass is 32.2. The van der Waals surface area contributed by atoms with E-state index in [1.807, 2.05) is 24.3 Å². The van der Waals surface area contributed by atoms with E-state index in [0.717, 1.165) is 37.5 Å². The molecule has 1 aromatic rings. The third-order valence-corrected chi connectivity index (χ3v) is 4.45. The lowest BCUT2D eigenvalue weighted by Gasteiger charge is -2.24. The molecule has 2 N–H and O–H groups in total. The first-order chi connectivity index (χ1) is 8.77. The first-order valence-electron chi connectivity index (χ1n) is 6.61. The van der Waals surface area contributed by atoms with Gasteiger partial charge in [-0.25, -0.2) is 4.98 Å². The molecular formula is C13H23N3OS. The van der Waals surface area contributed by atoms with Gasteiger partial charge in [-0.1, -0.05) is 6.92 Å². The lowest BCUT2D eigenvalue weighted by molar-refractivity contribution is 0.180. The summed E-state index contributed by atoms with van der Waals surface area (Å²) in [6.07, 6.45) is 8.16. The van der Waals surface area contributed by atoms with Gasteiger partial charge in [-0.05, 0) is 19.1 Å². The van der Waals surface area contributed by atoms with E-state index in [4.69, 9.17) is 10.5 Å². The molecule has 4 nitrogen and oxygen atoms in total. The van der Waals surface area contributed by atoms with Crippen LogP contribution in [0.1, 0.15) is 37.5 Å². The molecule has 1 aliphatic heterocycles. The van der Waals surface area contributed by atoms with E-state index < -0.39 is 0 Å². The number of nitrogens with zero attached hydrogens (tertiary/aromatic N) is 2. The number of rotatable bonds is 6. The molecule has 0 radical (unpaired) electrons. The fourth-order valence-electron chi connectivity index (χ4n) is 2.54. The van der Waals surface area contributed by atoms with Gasteiger partial charge in [0.15, 0.2) is 0 Å². The molecule has 1 aliphatic rings. The minimum atomic E-state index is 0.0471. The van der Waals surface area contributed by atoms with Gasteiger partial charge in [-0.3, -0.25) is 0 Å². The number of aromatic nitrogens is 2. The van der Waals surface area contributed by atoms with Crippen molar-refractivity contribution < 1.29 is 4.74 Å². The highest BCUT2D eigenvalue weighted by Gasteiger charge is 2.27. The Labute approximate surface area is 113 Å². The van der Waals surface area contributed by atoms with Crippen LogP contribution >= 0.6 is 11.8 Å². The second-order valence-corrected chi connectivity index (χ2v) is 5.80. The molecular weight excluding hydrogens is 246 g/mol. The molecule has 3 unspecified atom stereocenters. The van der Waals surface area contributed by atoms with E-state index in [9.17, 15) is 0 Å². The van der Waals surface area contributed by atoms with Crippen LogP contribution in [-0.2, 0) is 4.74 Å². The predicted octanol–water partition coefficient (Wildman–Crippen LogP) is 2.23. The Bertz CT molecular complexity index is 363. The van der Waals surface area contributed by atoms with Crippen LogP contribution in [0.2, 0.25) is 0 Å². The summed E-state index contributed by atoms with van der Waals surface area (Å²) in [5.41, 5.74) is 7.55. The van der Waals surface area contributed by atoms with Crippen molar-refractivity contribution in [2.45, 2.75) is 31.8 Å². The number of hydrogen-bond acceptors (Lipinski definition) is 4. The Morgan fingerprint density at radius 3 is 3.11 bits per heavy atom. The van der Waals surface area contributed by atoms with Crippen molar-refractivity contribution in [3.8, 4) is 0 Å². The predicted molar refractivity (Wildman–Crippen MR) is 75.8 cm³/mol. The summed E-state index contributed by atoms with van der Waals surface area (Å²) in [5, 5.41) is 0. The first-order valence-corrected chi connectivity index (χ1v) is 8.01. The average molecular weight is 269 g/mol. The minimum absolute atomic E-state index is 0.0471. The number of imidazole rings is 1. The molecule has 0 aromatic carbocycles. The number of hydrogen-bond donors (Lipinski definition) is 1. The van der Waals surface area contributed by atoms with Gasteiger partial charge >= 0.3 is 0 Å². The molecule has 0 amide bonds. The summed E-state index contributed by atoms with van der Waals surface area (Å²) in [6, 6.07) is 0.539. The summed E-state index contributed by atoms with van der Waals surface area (Å²) in [7, 11) is 0. The average Bonchev–Trinajstić information content (AvgIpc) is 3.05. The molecule has 2 rings (SSSR count). The fourth-order valence-corrected chi connectivity index (χ4v) is 3.32. The van der Waals surface area contributed by atoms with Crippen LogP contribution in [0.15, 0.2) is 12.5 Å². The summed E-state index contributed by atoms with van der Waals surface area (Å²) in [6.45, 7) is 3.84. The minimum Gasteiger partial charge on any atom is -0.381 e. The number of nitrogens with two attached hydrogens (primary N) is 1. The molecule has 0 aliphatic carbocycles. The summed E-state index contributed by atoms with van der Waals surface area (Å²) < 4.78 is 7.70. The Hall–Kier alpha value is -0.520. The van der Waals surface area contributed by atoms with Gasteiger partial charge in [0.25, 0.3) is 0 Å². The normalized spacial score (nSPS) is 23.2. The van der Waals surface area contributed by atoms with Crippen LogP contribution in [0.5, 0.6) is 0 Å². The van der Waals surface area contributed by atoms with Crippen LogP contribution in [0, 0.1) is 5.92 Å². The van der Waals surface area contributed by atoms with Crippen LogP contribution in [-0.4, -0.2) is 34.8 Å². The van der Waals surface area contributed by atoms with Crippen molar-refractivity contribution in [2.75, 3.05) is 25.2 Å². The molecule has 102 valence electrons. The van der Waals surface area contributed by atoms with Crippen molar-refractivity contribution in [2.24, 2.45) is 11.7 Å². The van der Waals surface area contributed by atoms with E-state index >= 15 is 0 Å². The van der Waals surface area contributed by atoms with Gasteiger partial charge in [0.1, 0.15) is 0 Å². The van der Waals surface area contributed by atoms with Crippen LogP contribution in [0.3, 0.4) is 0 Å². The van der Waals surface area contributed by atoms with Crippen molar-refractivity contribution in [3.63, 3.8) is 0 Å². The zero-order valence-electron chi connectivity index (χ0n) is 11.2. The Morgan fingerprint density at radius 1 is 1.67 bits per heavy atom. The van der Waals surface area contributed by atoms with Crippen molar-refractivity contribution in [3.05, 3.63) is 18.2 Å². The van der Waals surface area contributed by atoms with Crippen LogP contribution in [0.25, 0.3) is 0 Å². The molecule has 1 saturated heterocycles. The maximum absolute atomic E-state index is 6.39. The van der Waals surface area contributed by atoms with Crippen LogP contribution in [0.4, 0.5) is 0 Å². The van der Waals surface area contributed by atoms with E-state index in [1.54, 1.807) is 0 Å². The molecule has 0 saturated carbocycles. The SMILES string of the molecule is CCC(CSC)n1cncc1C(N)C1CCOC1. The molecule has 1 fully saturated rings. The van der Waals surface area contributed by atoms with E-state index in [1.165, 1.54) is 0 Å². The maximum Gasteiger partial charge on any atom is 0.0951 e. The van der Waals surface area contributed by atoms with Crippen LogP contribution < -0.4 is 5.73 Å². The molecule has 3 atom stereocenters. The topological polar surface area (TPSA) is 53.1 Å². The third-order valence-electron chi connectivity index (χ3n) is 3.73. The van der Waals surface area contributed by atoms with Crippen molar-refractivity contribution in [1.82, 2.24) is 9.55 Å². The van der Waals surface area contributed by atoms with Gasteiger partial charge in [0.05, 0.1) is 24.7 Å². The van der Waals surface area contributed by atoms with Crippen molar-refractivity contribution >= 4 is 11.8 Å². The monoisotopic (exact) mass is 269 g/mol. The fraction of sp³-hybridized carbons (Fsp3) is 0.769. The van der Waals surface area contributed by atoms with E-state index in [2.05, 4.69) is 22.7 Å². The highest BCUT2D eigenvalue weighted by Crippen LogP contribution is 2.29. The number of thioether (sulfide) groups is 1. The smallest absolute Gasteiger partial charge is 0.0951 e. The van der Waals surface area contributed by atoms with Gasteiger partial charge < -0.3 is 15.0 Å². The van der Waals surface area contributed by atoms with E-state index in [0.29, 0.717) is 12.0 Å². The Balaban J connectivity index is 2.14. The lowest BCUT2D eigenvalue weighted by atomic mass is 9.97. The molecule has 1 aromatic heterocycles.